The largest absolute Gasteiger partial charge is 1.00 e. The Morgan fingerprint density at radius 1 is 0.973 bits per heavy atom. The number of likely N-dealkylation sites (tertiary alicyclic amines) is 1. The number of carbonyl (C=O) groups excluding carboxylic acids is 6. The van der Waals surface area contributed by atoms with Crippen molar-refractivity contribution in [3.8, 4) is 0 Å². The highest BCUT2D eigenvalue weighted by atomic mass is 127. The van der Waals surface area contributed by atoms with E-state index in [-0.39, 0.29) is 105 Å². The van der Waals surface area contributed by atoms with Crippen molar-refractivity contribution >= 4 is 68.3 Å². The fourth-order valence-corrected chi connectivity index (χ4v) is 10.8. The lowest BCUT2D eigenvalue weighted by Gasteiger charge is -2.24. The number of primary amides is 1. The van der Waals surface area contributed by atoms with Crippen LogP contribution in [0.25, 0.3) is 11.0 Å². The summed E-state index contributed by atoms with van der Waals surface area (Å²) >= 11 is 0. The van der Waals surface area contributed by atoms with E-state index in [4.69, 9.17) is 20.0 Å². The van der Waals surface area contributed by atoms with Gasteiger partial charge in [-0.3, -0.25) is 37.6 Å². The number of nitrogens with zero attached hydrogens (tertiary/aromatic N) is 4. The van der Waals surface area contributed by atoms with E-state index in [1.165, 1.54) is 16.0 Å². The molecule has 8 rings (SSSR count). The number of nitrogens with two attached hydrogens (primary N) is 2. The second-order valence-corrected chi connectivity index (χ2v) is 21.0. The molecule has 1 aliphatic heterocycles. The van der Waals surface area contributed by atoms with E-state index in [9.17, 15) is 42.3 Å². The van der Waals surface area contributed by atoms with Crippen LogP contribution in [0.1, 0.15) is 121 Å². The molecule has 1 saturated carbocycles. The molecule has 6 amide bonds. The van der Waals surface area contributed by atoms with Crippen molar-refractivity contribution in [3.63, 3.8) is 0 Å². The predicted octanol–water partition coefficient (Wildman–Crippen LogP) is 1.38. The number of benzene rings is 2. The Hall–Kier alpha value is -5.82. The van der Waals surface area contributed by atoms with Crippen LogP contribution < -0.4 is 60.7 Å². The zero-order chi connectivity index (χ0) is 51.3. The summed E-state index contributed by atoms with van der Waals surface area (Å²) in [5.41, 5.74) is 11.3. The maximum Gasteiger partial charge on any atom is 0.333 e. The number of fused-ring (bicyclic) bond motifs is 2. The first-order valence-electron chi connectivity index (χ1n) is 24.9. The standard InChI is InChI=1S/C51H64N10O10S.CH4.HI/c1-30(2)45(58-44(64)12-4-3-7-21-61-49(66)39-26-40(39)50(61)67)43(63)24-33(10-8-20-54-51(52)68)47(65)56-35-16-13-31(14-17-35)27-59-29-55-46(57-41-18-15-32-9-5-6-11-37(32)41)38-19-22-60(48(38)59)36-23-34(42(62)25-36)28-71-72(53,69)70;;/h5-6,9,11,13-14,16-17,19,22,29-30,33-34,36,41-42,45,62H,3-4,7-8,10,12,15,18,20-21,23-28H2,1-2H3,(H7,52,53,54,56,58,64,65,68,69,70);1H4;1H/t33-,34-,36+,41-,42-,45+;;/m0../s1. The minimum absolute atomic E-state index is 0. The molecular formula is C52H69IN10O10S. The summed E-state index contributed by atoms with van der Waals surface area (Å²) in [6.07, 6.45) is 8.42. The van der Waals surface area contributed by atoms with Gasteiger partial charge < -0.3 is 56.1 Å². The molecule has 74 heavy (non-hydrogen) atoms. The maximum absolute atomic E-state index is 14.0. The number of unbranched alkanes of at least 4 members (excludes halogenated alkanes) is 2. The number of imide groups is 1. The van der Waals surface area contributed by atoms with E-state index in [1.54, 1.807) is 18.5 Å². The number of aryl methyl sites for hydroxylation is 1. The van der Waals surface area contributed by atoms with E-state index in [2.05, 4.69) is 38.0 Å². The Morgan fingerprint density at radius 3 is 2.41 bits per heavy atom. The molecule has 4 aliphatic rings. The van der Waals surface area contributed by atoms with E-state index in [0.29, 0.717) is 80.7 Å². The molecule has 3 aliphatic carbocycles. The van der Waals surface area contributed by atoms with Gasteiger partial charge >= 0.3 is 16.3 Å². The van der Waals surface area contributed by atoms with Crippen molar-refractivity contribution < 1.29 is 75.0 Å². The fraction of sp³-hybridized carbons (Fsp3) is 0.500. The van der Waals surface area contributed by atoms with Gasteiger partial charge in [0.2, 0.25) is 29.6 Å². The van der Waals surface area contributed by atoms with Gasteiger partial charge in [-0.25, -0.2) is 14.5 Å². The Morgan fingerprint density at radius 2 is 1.70 bits per heavy atom. The third-order valence-electron chi connectivity index (χ3n) is 14.3. The lowest BCUT2D eigenvalue weighted by molar-refractivity contribution is -0.668. The Balaban J connectivity index is 0.00000446. The van der Waals surface area contributed by atoms with Crippen LogP contribution in [-0.2, 0) is 51.4 Å². The Kier molecular flexibility index (Phi) is 19.5. The zero-order valence-corrected chi connectivity index (χ0v) is 44.0. The molecular weight excluding hydrogens is 1080 g/mol. The van der Waals surface area contributed by atoms with Crippen molar-refractivity contribution in [2.75, 3.05) is 30.3 Å². The van der Waals surface area contributed by atoms with Crippen LogP contribution in [0.2, 0.25) is 0 Å². The molecule has 2 aromatic heterocycles. The highest BCUT2D eigenvalue weighted by Crippen LogP contribution is 2.41. The third-order valence-corrected chi connectivity index (χ3v) is 14.8. The summed E-state index contributed by atoms with van der Waals surface area (Å²) in [6.45, 7) is 4.31. The number of carbonyl (C=O) groups is 6. The first-order valence-corrected chi connectivity index (χ1v) is 26.3. The number of ketones is 1. The summed E-state index contributed by atoms with van der Waals surface area (Å²) in [6, 6.07) is 16.0. The minimum atomic E-state index is -4.18. The van der Waals surface area contributed by atoms with Crippen LogP contribution in [0.5, 0.6) is 0 Å². The van der Waals surface area contributed by atoms with Gasteiger partial charge in [-0.05, 0) is 85.8 Å². The van der Waals surface area contributed by atoms with E-state index in [0.717, 1.165) is 29.4 Å². The van der Waals surface area contributed by atoms with Crippen molar-refractivity contribution in [2.24, 2.45) is 28.6 Å². The molecule has 1 fully saturated rings. The fourth-order valence-electron chi connectivity index (χ4n) is 10.4. The number of hydrogen-bond donors (Lipinski definition) is 7. The summed E-state index contributed by atoms with van der Waals surface area (Å²) in [5.74, 6) is -2.23. The highest BCUT2D eigenvalue weighted by Gasteiger charge is 2.47. The Bertz CT molecular complexity index is 2850. The van der Waals surface area contributed by atoms with Crippen molar-refractivity contribution in [1.29, 1.82) is 0 Å². The monoisotopic (exact) mass is 1150 g/mol. The molecule has 3 heterocycles. The van der Waals surface area contributed by atoms with Gasteiger partial charge in [0.1, 0.15) is 5.39 Å². The lowest BCUT2D eigenvalue weighted by atomic mass is 9.89. The van der Waals surface area contributed by atoms with Crippen LogP contribution in [0.3, 0.4) is 0 Å². The molecule has 4 aromatic rings. The number of Topliss-reactive ketones (excluding diaryl/α,β-unsaturated/α-hetero) is 1. The molecule has 20 nitrogen and oxygen atoms in total. The number of aromatic nitrogens is 3. The quantitative estimate of drug-likeness (QED) is 0.0215. The topological polar surface area (TPSA) is 291 Å². The van der Waals surface area contributed by atoms with E-state index >= 15 is 0 Å². The van der Waals surface area contributed by atoms with Gasteiger partial charge in [0, 0.05) is 67.4 Å². The SMILES string of the molecule is C.CC(C)[C@@H](NC(=O)CCCCCN1C(=O)C2=C(C2)C1=O)C(=O)C[C@H](CCCNC(N)=O)C(=O)Nc1ccc(C[n+]2cnc(N[C@H]3CCc4ccccc43)c3ccn([C@@H]4C[C@@H](COS(N)(=O)=O)[C@@H](O)C4)c32)cc1.[I-]. The summed E-state index contributed by atoms with van der Waals surface area (Å²) in [5, 5.41) is 29.0. The molecule has 9 N–H and O–H groups in total. The summed E-state index contributed by atoms with van der Waals surface area (Å²) in [4.78, 5) is 82.9. The third kappa shape index (κ3) is 14.1. The number of aliphatic hydroxyl groups is 1. The average Bonchev–Trinajstić information content (AvgIpc) is 3.52. The summed E-state index contributed by atoms with van der Waals surface area (Å²) < 4.78 is 32.2. The Labute approximate surface area is 449 Å². The van der Waals surface area contributed by atoms with Gasteiger partial charge in [-0.15, -0.1) is 0 Å². The average molecular weight is 1150 g/mol. The van der Waals surface area contributed by atoms with Gasteiger partial charge in [0.25, 0.3) is 11.8 Å². The van der Waals surface area contributed by atoms with E-state index < -0.39 is 46.2 Å². The zero-order valence-electron chi connectivity index (χ0n) is 41.1. The predicted molar refractivity (Wildman–Crippen MR) is 272 cm³/mol. The van der Waals surface area contributed by atoms with Crippen LogP contribution >= 0.6 is 0 Å². The summed E-state index contributed by atoms with van der Waals surface area (Å²) in [7, 11) is -4.18. The number of halogens is 1. The van der Waals surface area contributed by atoms with Crippen LogP contribution in [0.4, 0.5) is 16.3 Å². The van der Waals surface area contributed by atoms with Crippen molar-refractivity contribution in [1.82, 2.24) is 25.1 Å². The number of hydrogen-bond acceptors (Lipinski definition) is 12. The molecule has 0 saturated heterocycles. The van der Waals surface area contributed by atoms with Crippen molar-refractivity contribution in [2.45, 2.75) is 129 Å². The number of nitrogens with one attached hydrogen (secondary N) is 4. The molecule has 22 heteroatoms. The maximum atomic E-state index is 14.0. The molecule has 400 valence electrons. The van der Waals surface area contributed by atoms with Gasteiger partial charge in [-0.1, -0.05) is 69.1 Å². The smallest absolute Gasteiger partial charge is 0.333 e. The second kappa shape index (κ2) is 25.1. The van der Waals surface area contributed by atoms with Crippen molar-refractivity contribution in [3.05, 3.63) is 95.0 Å². The molecule has 0 spiro atoms. The van der Waals surface area contributed by atoms with Crippen LogP contribution in [-0.4, -0.2) is 95.3 Å². The number of anilines is 2. The molecule has 6 atom stereocenters. The number of piperidine rings is 1. The van der Waals surface area contributed by atoms with E-state index in [1.807, 2.05) is 54.9 Å². The minimum Gasteiger partial charge on any atom is -1.00 e. The van der Waals surface area contributed by atoms with Gasteiger partial charge in [-0.2, -0.15) is 8.42 Å². The van der Waals surface area contributed by atoms with Gasteiger partial charge in [0.15, 0.2) is 5.78 Å². The normalized spacial score (nSPS) is 19.6. The van der Waals surface area contributed by atoms with Gasteiger partial charge in [0.05, 0.1) is 43.6 Å². The highest BCUT2D eigenvalue weighted by molar-refractivity contribution is 7.84. The number of rotatable bonds is 25. The first-order chi connectivity index (χ1) is 34.4. The number of aliphatic hydroxyl groups excluding tert-OH is 1. The second-order valence-electron chi connectivity index (χ2n) is 19.8. The lowest BCUT2D eigenvalue weighted by Crippen LogP contribution is -3.00. The first kappa shape index (κ1) is 57.5. The molecule has 0 radical (unpaired) electrons. The number of urea groups is 1. The molecule has 0 bridgehead atoms. The number of amides is 6. The van der Waals surface area contributed by atoms with Crippen LogP contribution in [0, 0.1) is 17.8 Å². The molecule has 2 aromatic carbocycles. The molecule has 0 unspecified atom stereocenters. The van der Waals surface area contributed by atoms with Crippen LogP contribution in [0.15, 0.2) is 78.3 Å².